The summed E-state index contributed by atoms with van der Waals surface area (Å²) < 4.78 is 7.16. The van der Waals surface area contributed by atoms with E-state index in [-0.39, 0.29) is 6.04 Å². The lowest BCUT2D eigenvalue weighted by Gasteiger charge is -2.16. The van der Waals surface area contributed by atoms with Crippen molar-refractivity contribution in [2.24, 2.45) is 0 Å². The van der Waals surface area contributed by atoms with Crippen molar-refractivity contribution in [3.63, 3.8) is 0 Å². The van der Waals surface area contributed by atoms with Crippen LogP contribution in [-0.2, 0) is 0 Å². The Balaban J connectivity index is 2.09. The normalized spacial score (nSPS) is 12.5. The Bertz CT molecular complexity index is 777. The zero-order valence-corrected chi connectivity index (χ0v) is 12.4. The fourth-order valence-corrected chi connectivity index (χ4v) is 2.50. The molecule has 1 aromatic carbocycles. The minimum Gasteiger partial charge on any atom is -0.497 e. The molecule has 2 N–H and O–H groups in total. The minimum atomic E-state index is 0.0511. The molecule has 0 aliphatic heterocycles. The first-order valence-corrected chi connectivity index (χ1v) is 6.85. The smallest absolute Gasteiger partial charge is 0.203 e. The molecule has 0 aliphatic rings. The van der Waals surface area contributed by atoms with E-state index in [0.717, 1.165) is 28.2 Å². The summed E-state index contributed by atoms with van der Waals surface area (Å²) >= 11 is 0. The number of imidazole rings is 1. The molecule has 1 unspecified atom stereocenters. The summed E-state index contributed by atoms with van der Waals surface area (Å²) in [4.78, 5) is 8.96. The lowest BCUT2D eigenvalue weighted by molar-refractivity contribution is 0.414. The standard InChI is InChI=1S/C16H18N4O/c1-10-4-9-14-15(18-10)20(16(17)19-14)11(2)12-5-7-13(21-3)8-6-12/h4-9,11H,1-3H3,(H2,17,19). The molecule has 0 saturated carbocycles. The quantitative estimate of drug-likeness (QED) is 0.802. The zero-order chi connectivity index (χ0) is 15.0. The van der Waals surface area contributed by atoms with Gasteiger partial charge in [-0.2, -0.15) is 0 Å². The van der Waals surface area contributed by atoms with Gasteiger partial charge in [0.15, 0.2) is 5.65 Å². The maximum absolute atomic E-state index is 6.08. The molecule has 3 rings (SSSR count). The van der Waals surface area contributed by atoms with E-state index in [2.05, 4.69) is 16.9 Å². The van der Waals surface area contributed by atoms with Gasteiger partial charge in [-0.25, -0.2) is 9.97 Å². The van der Waals surface area contributed by atoms with Crippen LogP contribution in [0.3, 0.4) is 0 Å². The monoisotopic (exact) mass is 282 g/mol. The van der Waals surface area contributed by atoms with Crippen molar-refractivity contribution >= 4 is 17.1 Å². The summed E-state index contributed by atoms with van der Waals surface area (Å²) in [6.07, 6.45) is 0. The van der Waals surface area contributed by atoms with Gasteiger partial charge in [-0.15, -0.1) is 0 Å². The van der Waals surface area contributed by atoms with Crippen LogP contribution < -0.4 is 10.5 Å². The van der Waals surface area contributed by atoms with Crippen LogP contribution >= 0.6 is 0 Å². The van der Waals surface area contributed by atoms with Crippen LogP contribution in [0.1, 0.15) is 24.2 Å². The average Bonchev–Trinajstić information content (AvgIpc) is 2.82. The van der Waals surface area contributed by atoms with Gasteiger partial charge in [-0.05, 0) is 43.7 Å². The van der Waals surface area contributed by atoms with E-state index in [9.17, 15) is 0 Å². The largest absolute Gasteiger partial charge is 0.497 e. The van der Waals surface area contributed by atoms with Gasteiger partial charge in [-0.3, -0.25) is 4.57 Å². The van der Waals surface area contributed by atoms with Crippen molar-refractivity contribution in [1.82, 2.24) is 14.5 Å². The molecule has 0 radical (unpaired) electrons. The zero-order valence-electron chi connectivity index (χ0n) is 12.4. The summed E-state index contributed by atoms with van der Waals surface area (Å²) in [5.41, 5.74) is 9.80. The van der Waals surface area contributed by atoms with Crippen LogP contribution in [0.2, 0.25) is 0 Å². The van der Waals surface area contributed by atoms with E-state index in [1.165, 1.54) is 0 Å². The van der Waals surface area contributed by atoms with Crippen LogP contribution in [0.4, 0.5) is 5.95 Å². The van der Waals surface area contributed by atoms with Crippen molar-refractivity contribution < 1.29 is 4.74 Å². The predicted octanol–water partition coefficient (Wildman–Crippen LogP) is 2.94. The third-order valence-electron chi connectivity index (χ3n) is 3.69. The van der Waals surface area contributed by atoms with Gasteiger partial charge in [0.05, 0.1) is 13.2 Å². The SMILES string of the molecule is COc1ccc(C(C)n2c(N)nc3ccc(C)nc32)cc1. The van der Waals surface area contributed by atoms with Crippen molar-refractivity contribution in [2.75, 3.05) is 12.8 Å². The number of ether oxygens (including phenoxy) is 1. The summed E-state index contributed by atoms with van der Waals surface area (Å²) in [5.74, 6) is 1.31. The summed E-state index contributed by atoms with van der Waals surface area (Å²) in [7, 11) is 1.66. The molecular weight excluding hydrogens is 264 g/mol. The van der Waals surface area contributed by atoms with Crippen molar-refractivity contribution in [3.8, 4) is 5.75 Å². The lowest BCUT2D eigenvalue weighted by atomic mass is 10.1. The average molecular weight is 282 g/mol. The Morgan fingerprint density at radius 1 is 1.10 bits per heavy atom. The Hall–Kier alpha value is -2.56. The number of nitrogen functional groups attached to an aromatic ring is 1. The van der Waals surface area contributed by atoms with Crippen molar-refractivity contribution in [2.45, 2.75) is 19.9 Å². The first-order chi connectivity index (χ1) is 10.1. The second-order valence-electron chi connectivity index (χ2n) is 5.08. The number of methoxy groups -OCH3 is 1. The van der Waals surface area contributed by atoms with E-state index < -0.39 is 0 Å². The minimum absolute atomic E-state index is 0.0511. The Labute approximate surface area is 123 Å². The molecule has 0 bridgehead atoms. The number of anilines is 1. The van der Waals surface area contributed by atoms with E-state index in [4.69, 9.17) is 10.5 Å². The fraction of sp³-hybridized carbons (Fsp3) is 0.250. The molecule has 21 heavy (non-hydrogen) atoms. The summed E-state index contributed by atoms with van der Waals surface area (Å²) in [6.45, 7) is 4.05. The number of rotatable bonds is 3. The first-order valence-electron chi connectivity index (χ1n) is 6.85. The number of hydrogen-bond donors (Lipinski definition) is 1. The highest BCUT2D eigenvalue weighted by atomic mass is 16.5. The molecule has 0 amide bonds. The number of aromatic nitrogens is 3. The number of hydrogen-bond acceptors (Lipinski definition) is 4. The molecule has 1 atom stereocenters. The van der Waals surface area contributed by atoms with E-state index in [1.54, 1.807) is 7.11 Å². The number of pyridine rings is 1. The van der Waals surface area contributed by atoms with Crippen molar-refractivity contribution in [1.29, 1.82) is 0 Å². The number of fused-ring (bicyclic) bond motifs is 1. The van der Waals surface area contributed by atoms with Crippen LogP contribution in [0.15, 0.2) is 36.4 Å². The van der Waals surface area contributed by atoms with Crippen LogP contribution in [0, 0.1) is 6.92 Å². The molecule has 0 fully saturated rings. The highest BCUT2D eigenvalue weighted by molar-refractivity contribution is 5.74. The Morgan fingerprint density at radius 2 is 1.81 bits per heavy atom. The van der Waals surface area contributed by atoms with Crippen LogP contribution in [0.25, 0.3) is 11.2 Å². The molecule has 108 valence electrons. The molecule has 3 aromatic rings. The molecule has 5 heteroatoms. The highest BCUT2D eigenvalue weighted by Crippen LogP contribution is 2.27. The Kier molecular flexibility index (Phi) is 3.25. The summed E-state index contributed by atoms with van der Waals surface area (Å²) in [5, 5.41) is 0. The molecular formula is C16H18N4O. The lowest BCUT2D eigenvalue weighted by Crippen LogP contribution is -2.11. The van der Waals surface area contributed by atoms with E-state index in [1.807, 2.05) is 47.9 Å². The third kappa shape index (κ3) is 2.31. The number of aryl methyl sites for hydroxylation is 1. The van der Waals surface area contributed by atoms with E-state index >= 15 is 0 Å². The second kappa shape index (κ2) is 5.09. The second-order valence-corrected chi connectivity index (χ2v) is 5.08. The van der Waals surface area contributed by atoms with Gasteiger partial charge >= 0.3 is 0 Å². The number of nitrogens with zero attached hydrogens (tertiary/aromatic N) is 3. The predicted molar refractivity (Wildman–Crippen MR) is 83.5 cm³/mol. The van der Waals surface area contributed by atoms with Gasteiger partial charge in [0.25, 0.3) is 0 Å². The number of benzene rings is 1. The third-order valence-corrected chi connectivity index (χ3v) is 3.69. The van der Waals surface area contributed by atoms with Gasteiger partial charge < -0.3 is 10.5 Å². The molecule has 0 aliphatic carbocycles. The van der Waals surface area contributed by atoms with E-state index in [0.29, 0.717) is 5.95 Å². The fourth-order valence-electron chi connectivity index (χ4n) is 2.50. The van der Waals surface area contributed by atoms with Gasteiger partial charge in [0.1, 0.15) is 11.3 Å². The Morgan fingerprint density at radius 3 is 2.48 bits per heavy atom. The molecule has 2 heterocycles. The van der Waals surface area contributed by atoms with Crippen LogP contribution in [0.5, 0.6) is 5.75 Å². The first kappa shape index (κ1) is 13.4. The highest BCUT2D eigenvalue weighted by Gasteiger charge is 2.16. The topological polar surface area (TPSA) is 66.0 Å². The van der Waals surface area contributed by atoms with Gasteiger partial charge in [-0.1, -0.05) is 12.1 Å². The maximum atomic E-state index is 6.08. The van der Waals surface area contributed by atoms with Crippen LogP contribution in [-0.4, -0.2) is 21.6 Å². The summed E-state index contributed by atoms with van der Waals surface area (Å²) in [6, 6.07) is 11.9. The maximum Gasteiger partial charge on any atom is 0.203 e. The number of nitrogens with two attached hydrogens (primary N) is 1. The molecule has 5 nitrogen and oxygen atoms in total. The molecule has 0 spiro atoms. The molecule has 2 aromatic heterocycles. The molecule has 0 saturated heterocycles. The van der Waals surface area contributed by atoms with Gasteiger partial charge in [0.2, 0.25) is 5.95 Å². The van der Waals surface area contributed by atoms with Gasteiger partial charge in [0, 0.05) is 5.69 Å². The van der Waals surface area contributed by atoms with Crippen molar-refractivity contribution in [3.05, 3.63) is 47.7 Å².